The van der Waals surface area contributed by atoms with Gasteiger partial charge in [0.25, 0.3) is 0 Å². The fourth-order valence-electron chi connectivity index (χ4n) is 2.11. The highest BCUT2D eigenvalue weighted by Gasteiger charge is 2.10. The summed E-state index contributed by atoms with van der Waals surface area (Å²) >= 11 is 0. The van der Waals surface area contributed by atoms with E-state index >= 15 is 0 Å². The van der Waals surface area contributed by atoms with Crippen LogP contribution in [0.3, 0.4) is 0 Å². The number of phenolic OH excluding ortho intramolecular Hbond substituents is 1. The van der Waals surface area contributed by atoms with Gasteiger partial charge in [-0.05, 0) is 42.3 Å². The number of aromatic hydroxyl groups is 1. The van der Waals surface area contributed by atoms with Gasteiger partial charge >= 0.3 is 5.97 Å². The fraction of sp³-hybridized carbons (Fsp3) is 0.188. The van der Waals surface area contributed by atoms with Gasteiger partial charge in [0.15, 0.2) is 0 Å². The number of benzene rings is 2. The predicted molar refractivity (Wildman–Crippen MR) is 78.4 cm³/mol. The van der Waals surface area contributed by atoms with E-state index < -0.39 is 5.97 Å². The van der Waals surface area contributed by atoms with Crippen molar-refractivity contribution >= 4 is 11.7 Å². The third-order valence-electron chi connectivity index (χ3n) is 3.22. The number of carboxylic acid groups (broad SMARTS) is 1. The molecule has 0 aliphatic rings. The number of phenols is 1. The van der Waals surface area contributed by atoms with E-state index in [1.807, 2.05) is 37.1 Å². The molecule has 0 amide bonds. The standard InChI is InChI=1S/C16H17NO3/c1-11-3-6-13(16(19)20)9-15(11)17(2)10-12-4-7-14(18)8-5-12/h3-9,18H,10H2,1-2H3,(H,19,20). The summed E-state index contributed by atoms with van der Waals surface area (Å²) < 4.78 is 0. The molecule has 0 saturated carbocycles. The monoisotopic (exact) mass is 271 g/mol. The van der Waals surface area contributed by atoms with Gasteiger partial charge in [0.2, 0.25) is 0 Å². The van der Waals surface area contributed by atoms with Crippen molar-refractivity contribution in [1.29, 1.82) is 0 Å². The molecule has 2 rings (SSSR count). The molecule has 2 N–H and O–H groups in total. The molecule has 2 aromatic rings. The first kappa shape index (κ1) is 13.9. The lowest BCUT2D eigenvalue weighted by molar-refractivity contribution is 0.0697. The summed E-state index contributed by atoms with van der Waals surface area (Å²) in [5, 5.41) is 18.3. The summed E-state index contributed by atoms with van der Waals surface area (Å²) in [6, 6.07) is 12.1. The highest BCUT2D eigenvalue weighted by Crippen LogP contribution is 2.23. The number of nitrogens with zero attached hydrogens (tertiary/aromatic N) is 1. The zero-order valence-electron chi connectivity index (χ0n) is 11.5. The maximum Gasteiger partial charge on any atom is 0.335 e. The van der Waals surface area contributed by atoms with E-state index in [1.54, 1.807) is 24.3 Å². The molecule has 0 radical (unpaired) electrons. The van der Waals surface area contributed by atoms with E-state index in [0.717, 1.165) is 16.8 Å². The summed E-state index contributed by atoms with van der Waals surface area (Å²) in [6.07, 6.45) is 0. The van der Waals surface area contributed by atoms with Gasteiger partial charge < -0.3 is 15.1 Å². The minimum atomic E-state index is -0.927. The Hall–Kier alpha value is -2.49. The Morgan fingerprint density at radius 2 is 1.80 bits per heavy atom. The molecule has 104 valence electrons. The first-order valence-electron chi connectivity index (χ1n) is 6.30. The van der Waals surface area contributed by atoms with Gasteiger partial charge in [-0.15, -0.1) is 0 Å². The lowest BCUT2D eigenvalue weighted by Gasteiger charge is -2.22. The Morgan fingerprint density at radius 3 is 2.40 bits per heavy atom. The van der Waals surface area contributed by atoms with E-state index in [-0.39, 0.29) is 11.3 Å². The van der Waals surface area contributed by atoms with Crippen LogP contribution in [0, 0.1) is 6.92 Å². The van der Waals surface area contributed by atoms with Gasteiger partial charge in [-0.3, -0.25) is 0 Å². The fourth-order valence-corrected chi connectivity index (χ4v) is 2.11. The number of carboxylic acids is 1. The van der Waals surface area contributed by atoms with Gasteiger partial charge in [-0.1, -0.05) is 18.2 Å². The molecule has 0 unspecified atom stereocenters. The average molecular weight is 271 g/mol. The zero-order valence-corrected chi connectivity index (χ0v) is 11.5. The molecule has 0 aliphatic heterocycles. The molecule has 20 heavy (non-hydrogen) atoms. The van der Waals surface area contributed by atoms with Crippen LogP contribution in [0.4, 0.5) is 5.69 Å². The molecule has 0 fully saturated rings. The smallest absolute Gasteiger partial charge is 0.335 e. The minimum Gasteiger partial charge on any atom is -0.508 e. The van der Waals surface area contributed by atoms with Gasteiger partial charge in [0.05, 0.1) is 5.56 Å². The molecule has 0 aliphatic carbocycles. The Balaban J connectivity index is 2.24. The van der Waals surface area contributed by atoms with Gasteiger partial charge in [-0.25, -0.2) is 4.79 Å². The van der Waals surface area contributed by atoms with Crippen LogP contribution >= 0.6 is 0 Å². The molecule has 0 spiro atoms. The number of hydrogen-bond acceptors (Lipinski definition) is 3. The van der Waals surface area contributed by atoms with Crippen molar-refractivity contribution in [3.8, 4) is 5.75 Å². The van der Waals surface area contributed by atoms with E-state index in [1.165, 1.54) is 0 Å². The first-order chi connectivity index (χ1) is 9.47. The van der Waals surface area contributed by atoms with Crippen LogP contribution in [0.15, 0.2) is 42.5 Å². The molecule has 4 heteroatoms. The van der Waals surface area contributed by atoms with E-state index in [4.69, 9.17) is 5.11 Å². The topological polar surface area (TPSA) is 60.8 Å². The largest absolute Gasteiger partial charge is 0.508 e. The van der Waals surface area contributed by atoms with Crippen LogP contribution in [0.25, 0.3) is 0 Å². The second kappa shape index (κ2) is 5.65. The average Bonchev–Trinajstić information content (AvgIpc) is 2.41. The van der Waals surface area contributed by atoms with Gasteiger partial charge in [-0.2, -0.15) is 0 Å². The lowest BCUT2D eigenvalue weighted by Crippen LogP contribution is -2.18. The van der Waals surface area contributed by atoms with Crippen LogP contribution in [0.1, 0.15) is 21.5 Å². The zero-order chi connectivity index (χ0) is 14.7. The van der Waals surface area contributed by atoms with Crippen molar-refractivity contribution in [1.82, 2.24) is 0 Å². The van der Waals surface area contributed by atoms with Gasteiger partial charge in [0.1, 0.15) is 5.75 Å². The van der Waals surface area contributed by atoms with E-state index in [2.05, 4.69) is 0 Å². The summed E-state index contributed by atoms with van der Waals surface area (Å²) in [6.45, 7) is 2.60. The van der Waals surface area contributed by atoms with Crippen LogP contribution in [-0.4, -0.2) is 23.2 Å². The van der Waals surface area contributed by atoms with Crippen LogP contribution in [0.5, 0.6) is 5.75 Å². The molecule has 2 aromatic carbocycles. The Labute approximate surface area is 117 Å². The Kier molecular flexibility index (Phi) is 3.94. The maximum absolute atomic E-state index is 11.0. The SMILES string of the molecule is Cc1ccc(C(=O)O)cc1N(C)Cc1ccc(O)cc1. The number of rotatable bonds is 4. The number of anilines is 1. The van der Waals surface area contributed by atoms with Crippen LogP contribution < -0.4 is 4.90 Å². The molecule has 4 nitrogen and oxygen atoms in total. The third-order valence-corrected chi connectivity index (χ3v) is 3.22. The second-order valence-corrected chi connectivity index (χ2v) is 4.83. The molecular weight excluding hydrogens is 254 g/mol. The molecule has 0 saturated heterocycles. The number of aromatic carboxylic acids is 1. The normalized spacial score (nSPS) is 10.3. The molecule has 0 aromatic heterocycles. The van der Waals surface area contributed by atoms with Crippen molar-refractivity contribution in [2.24, 2.45) is 0 Å². The highest BCUT2D eigenvalue weighted by molar-refractivity contribution is 5.89. The summed E-state index contributed by atoms with van der Waals surface area (Å²) in [4.78, 5) is 13.0. The Bertz CT molecular complexity index is 620. The third kappa shape index (κ3) is 3.09. The quantitative estimate of drug-likeness (QED) is 0.897. The van der Waals surface area contributed by atoms with Crippen molar-refractivity contribution in [2.75, 3.05) is 11.9 Å². The highest BCUT2D eigenvalue weighted by atomic mass is 16.4. The van der Waals surface area contributed by atoms with Crippen molar-refractivity contribution in [3.63, 3.8) is 0 Å². The number of aryl methyl sites for hydroxylation is 1. The van der Waals surface area contributed by atoms with E-state index in [0.29, 0.717) is 6.54 Å². The predicted octanol–water partition coefficient (Wildman–Crippen LogP) is 3.04. The van der Waals surface area contributed by atoms with Crippen molar-refractivity contribution < 1.29 is 15.0 Å². The lowest BCUT2D eigenvalue weighted by atomic mass is 10.1. The first-order valence-corrected chi connectivity index (χ1v) is 6.30. The number of hydrogen-bond donors (Lipinski definition) is 2. The summed E-state index contributed by atoms with van der Waals surface area (Å²) in [5.41, 5.74) is 3.24. The van der Waals surface area contributed by atoms with Crippen LogP contribution in [-0.2, 0) is 6.54 Å². The Morgan fingerprint density at radius 1 is 1.15 bits per heavy atom. The van der Waals surface area contributed by atoms with Gasteiger partial charge in [0, 0.05) is 19.3 Å². The van der Waals surface area contributed by atoms with Crippen molar-refractivity contribution in [3.05, 3.63) is 59.2 Å². The van der Waals surface area contributed by atoms with Crippen molar-refractivity contribution in [2.45, 2.75) is 13.5 Å². The summed E-state index contributed by atoms with van der Waals surface area (Å²) in [7, 11) is 1.92. The molecule has 0 heterocycles. The number of carbonyl (C=O) groups is 1. The maximum atomic E-state index is 11.0. The second-order valence-electron chi connectivity index (χ2n) is 4.83. The molecule has 0 bridgehead atoms. The minimum absolute atomic E-state index is 0.237. The van der Waals surface area contributed by atoms with Crippen LogP contribution in [0.2, 0.25) is 0 Å². The molecule has 0 atom stereocenters. The van der Waals surface area contributed by atoms with E-state index in [9.17, 15) is 9.90 Å². The summed E-state index contributed by atoms with van der Waals surface area (Å²) in [5.74, 6) is -0.690. The molecular formula is C16H17NO3.